The third-order valence-electron chi connectivity index (χ3n) is 5.92. The average molecular weight is 280 g/mol. The summed E-state index contributed by atoms with van der Waals surface area (Å²) < 4.78 is 0. The molecule has 0 saturated heterocycles. The Morgan fingerprint density at radius 3 is 2.25 bits per heavy atom. The van der Waals surface area contributed by atoms with Crippen molar-refractivity contribution in [1.82, 2.24) is 5.32 Å². The standard InChI is InChI=1S/C18H36N2/c1-15(2)16-8-7-12-18(14-19,13-11-16)20-17-9-5-3-4-6-10-17/h15-17,20H,3-14,19H2,1-2H3. The largest absolute Gasteiger partial charge is 0.329 e. The molecule has 2 aliphatic rings. The number of hydrogen-bond acceptors (Lipinski definition) is 2. The van der Waals surface area contributed by atoms with Crippen LogP contribution in [-0.2, 0) is 0 Å². The minimum atomic E-state index is 0.249. The topological polar surface area (TPSA) is 38.0 Å². The van der Waals surface area contributed by atoms with Crippen molar-refractivity contribution in [2.75, 3.05) is 6.54 Å². The Bertz CT molecular complexity index is 269. The normalized spacial score (nSPS) is 33.9. The van der Waals surface area contributed by atoms with Crippen LogP contribution in [0.4, 0.5) is 0 Å². The molecule has 2 unspecified atom stereocenters. The lowest BCUT2D eigenvalue weighted by Gasteiger charge is -2.37. The predicted molar refractivity (Wildman–Crippen MR) is 87.8 cm³/mol. The molecule has 0 aromatic carbocycles. The van der Waals surface area contributed by atoms with E-state index < -0.39 is 0 Å². The highest BCUT2D eigenvalue weighted by molar-refractivity contribution is 4.95. The molecular formula is C18H36N2. The van der Waals surface area contributed by atoms with Crippen LogP contribution in [0.15, 0.2) is 0 Å². The maximum absolute atomic E-state index is 6.22. The SMILES string of the molecule is CC(C)C1CCCC(CN)(NC2CCCCCC2)CC1. The Balaban J connectivity index is 1.94. The van der Waals surface area contributed by atoms with Gasteiger partial charge in [0, 0.05) is 18.1 Å². The van der Waals surface area contributed by atoms with Crippen molar-refractivity contribution in [3.8, 4) is 0 Å². The number of hydrogen-bond donors (Lipinski definition) is 2. The summed E-state index contributed by atoms with van der Waals surface area (Å²) in [5.41, 5.74) is 6.47. The van der Waals surface area contributed by atoms with E-state index in [9.17, 15) is 0 Å². The van der Waals surface area contributed by atoms with Gasteiger partial charge in [0.15, 0.2) is 0 Å². The van der Waals surface area contributed by atoms with Crippen LogP contribution >= 0.6 is 0 Å². The van der Waals surface area contributed by atoms with Crippen molar-refractivity contribution in [2.24, 2.45) is 17.6 Å². The van der Waals surface area contributed by atoms with Gasteiger partial charge in [-0.2, -0.15) is 0 Å². The molecule has 2 nitrogen and oxygen atoms in total. The summed E-state index contributed by atoms with van der Waals surface area (Å²) >= 11 is 0. The van der Waals surface area contributed by atoms with E-state index in [2.05, 4.69) is 19.2 Å². The second-order valence-corrected chi connectivity index (χ2v) is 7.75. The number of nitrogens with one attached hydrogen (secondary N) is 1. The van der Waals surface area contributed by atoms with Gasteiger partial charge in [-0.05, 0) is 43.9 Å². The first-order valence-electron chi connectivity index (χ1n) is 9.13. The first kappa shape index (κ1) is 16.3. The minimum Gasteiger partial charge on any atom is -0.329 e. The molecule has 2 rings (SSSR count). The van der Waals surface area contributed by atoms with Crippen LogP contribution in [0, 0.1) is 11.8 Å². The summed E-state index contributed by atoms with van der Waals surface area (Å²) in [7, 11) is 0. The zero-order chi connectivity index (χ0) is 14.4. The highest BCUT2D eigenvalue weighted by Crippen LogP contribution is 2.34. The van der Waals surface area contributed by atoms with E-state index in [-0.39, 0.29) is 5.54 Å². The van der Waals surface area contributed by atoms with Crippen LogP contribution in [0.25, 0.3) is 0 Å². The summed E-state index contributed by atoms with van der Waals surface area (Å²) in [4.78, 5) is 0. The van der Waals surface area contributed by atoms with E-state index in [1.807, 2.05) is 0 Å². The molecule has 2 atom stereocenters. The zero-order valence-corrected chi connectivity index (χ0v) is 13.8. The smallest absolute Gasteiger partial charge is 0.0306 e. The molecule has 0 heterocycles. The van der Waals surface area contributed by atoms with Crippen LogP contribution in [0.2, 0.25) is 0 Å². The summed E-state index contributed by atoms with van der Waals surface area (Å²) in [5.74, 6) is 1.75. The Kier molecular flexibility index (Phi) is 6.35. The highest BCUT2D eigenvalue weighted by atomic mass is 15.0. The zero-order valence-electron chi connectivity index (χ0n) is 13.8. The van der Waals surface area contributed by atoms with Gasteiger partial charge in [-0.15, -0.1) is 0 Å². The molecule has 0 bridgehead atoms. The van der Waals surface area contributed by atoms with Gasteiger partial charge in [-0.1, -0.05) is 52.4 Å². The molecule has 118 valence electrons. The molecule has 0 aromatic heterocycles. The average Bonchev–Trinajstić information content (AvgIpc) is 2.80. The Morgan fingerprint density at radius 1 is 0.950 bits per heavy atom. The fraction of sp³-hybridized carbons (Fsp3) is 1.00. The van der Waals surface area contributed by atoms with Gasteiger partial charge in [-0.3, -0.25) is 0 Å². The quantitative estimate of drug-likeness (QED) is 0.756. The second-order valence-electron chi connectivity index (χ2n) is 7.75. The second kappa shape index (κ2) is 7.79. The van der Waals surface area contributed by atoms with Crippen LogP contribution < -0.4 is 11.1 Å². The van der Waals surface area contributed by atoms with E-state index in [1.54, 1.807) is 0 Å². The van der Waals surface area contributed by atoms with Crippen molar-refractivity contribution < 1.29 is 0 Å². The van der Waals surface area contributed by atoms with Gasteiger partial charge >= 0.3 is 0 Å². The maximum Gasteiger partial charge on any atom is 0.0306 e. The molecule has 2 aliphatic carbocycles. The third kappa shape index (κ3) is 4.46. The van der Waals surface area contributed by atoms with E-state index in [0.717, 1.165) is 24.4 Å². The van der Waals surface area contributed by atoms with E-state index >= 15 is 0 Å². The molecule has 0 aliphatic heterocycles. The Morgan fingerprint density at radius 2 is 1.65 bits per heavy atom. The fourth-order valence-corrected chi connectivity index (χ4v) is 4.36. The molecule has 2 fully saturated rings. The monoisotopic (exact) mass is 280 g/mol. The van der Waals surface area contributed by atoms with Gasteiger partial charge in [0.05, 0.1) is 0 Å². The summed E-state index contributed by atoms with van der Waals surface area (Å²) in [6, 6.07) is 0.733. The Labute approximate surface area is 126 Å². The predicted octanol–water partition coefficient (Wildman–Crippen LogP) is 4.23. The van der Waals surface area contributed by atoms with Crippen molar-refractivity contribution >= 4 is 0 Å². The highest BCUT2D eigenvalue weighted by Gasteiger charge is 2.34. The molecule has 2 saturated carbocycles. The van der Waals surface area contributed by atoms with Crippen molar-refractivity contribution in [3.05, 3.63) is 0 Å². The van der Waals surface area contributed by atoms with Gasteiger partial charge < -0.3 is 11.1 Å². The van der Waals surface area contributed by atoms with Crippen molar-refractivity contribution in [3.63, 3.8) is 0 Å². The lowest BCUT2D eigenvalue weighted by Crippen LogP contribution is -2.54. The number of nitrogens with two attached hydrogens (primary N) is 1. The maximum atomic E-state index is 6.22. The minimum absolute atomic E-state index is 0.249. The van der Waals surface area contributed by atoms with Crippen molar-refractivity contribution in [2.45, 2.75) is 96.1 Å². The van der Waals surface area contributed by atoms with Crippen molar-refractivity contribution in [1.29, 1.82) is 0 Å². The molecule has 20 heavy (non-hydrogen) atoms. The first-order valence-corrected chi connectivity index (χ1v) is 9.13. The van der Waals surface area contributed by atoms with Crippen LogP contribution in [0.3, 0.4) is 0 Å². The Hall–Kier alpha value is -0.0800. The molecule has 0 amide bonds. The lowest BCUT2D eigenvalue weighted by atomic mass is 9.85. The summed E-state index contributed by atoms with van der Waals surface area (Å²) in [5, 5.41) is 4.04. The molecule has 2 heteroatoms. The number of rotatable bonds is 4. The van der Waals surface area contributed by atoms with Gasteiger partial charge in [0.1, 0.15) is 0 Å². The fourth-order valence-electron chi connectivity index (χ4n) is 4.36. The molecule has 0 aromatic rings. The van der Waals surface area contributed by atoms with Gasteiger partial charge in [0.2, 0.25) is 0 Å². The van der Waals surface area contributed by atoms with E-state index in [0.29, 0.717) is 0 Å². The summed E-state index contributed by atoms with van der Waals surface area (Å²) in [6.45, 7) is 5.60. The molecule has 0 spiro atoms. The third-order valence-corrected chi connectivity index (χ3v) is 5.92. The summed E-state index contributed by atoms with van der Waals surface area (Å²) in [6.07, 6.45) is 15.2. The van der Waals surface area contributed by atoms with E-state index in [1.165, 1.54) is 70.6 Å². The van der Waals surface area contributed by atoms with E-state index in [4.69, 9.17) is 5.73 Å². The van der Waals surface area contributed by atoms with Gasteiger partial charge in [0.25, 0.3) is 0 Å². The molecular weight excluding hydrogens is 244 g/mol. The molecule has 3 N–H and O–H groups in total. The van der Waals surface area contributed by atoms with Crippen LogP contribution in [-0.4, -0.2) is 18.1 Å². The lowest BCUT2D eigenvalue weighted by molar-refractivity contribution is 0.239. The van der Waals surface area contributed by atoms with Crippen LogP contribution in [0.5, 0.6) is 0 Å². The van der Waals surface area contributed by atoms with Gasteiger partial charge in [-0.25, -0.2) is 0 Å². The first-order chi connectivity index (χ1) is 9.65. The molecule has 0 radical (unpaired) electrons. The van der Waals surface area contributed by atoms with Crippen LogP contribution in [0.1, 0.15) is 84.5 Å².